The molecule has 0 heterocycles. The average Bonchev–Trinajstić information content (AvgIpc) is 2.42. The monoisotopic (exact) mass is 294 g/mol. The lowest BCUT2D eigenvalue weighted by Gasteiger charge is -2.08. The summed E-state index contributed by atoms with van der Waals surface area (Å²) >= 11 is 0. The number of hydrogen-bond acceptors (Lipinski definition) is 5. The van der Waals surface area contributed by atoms with E-state index in [0.29, 0.717) is 36.9 Å². The molecule has 21 heavy (non-hydrogen) atoms. The van der Waals surface area contributed by atoms with Gasteiger partial charge in [0.15, 0.2) is 5.78 Å². The molecule has 7 heteroatoms. The quantitative estimate of drug-likeness (QED) is 0.326. The molecule has 0 aliphatic rings. The van der Waals surface area contributed by atoms with Crippen LogP contribution in [0, 0.1) is 10.1 Å². The number of para-hydroxylation sites is 1. The van der Waals surface area contributed by atoms with E-state index in [4.69, 9.17) is 0 Å². The number of carbonyl (C=O) groups excluding carboxylic acids is 2. The molecule has 0 aliphatic carbocycles. The number of rotatable bonds is 9. The standard InChI is InChI=1S/C14H18N2O5/c1-11(17)15-13-8-5-4-7-12(13)14(18)9-3-2-6-10-21-16(19)20/h4-5,7-8H,2-3,6,9-10H2,1H3,(H,15,17). The third kappa shape index (κ3) is 6.51. The Kier molecular flexibility index (Phi) is 6.86. The zero-order valence-corrected chi connectivity index (χ0v) is 11.8. The average molecular weight is 294 g/mol. The van der Waals surface area contributed by atoms with E-state index in [-0.39, 0.29) is 18.3 Å². The van der Waals surface area contributed by atoms with Crippen molar-refractivity contribution in [2.75, 3.05) is 11.9 Å². The van der Waals surface area contributed by atoms with Gasteiger partial charge < -0.3 is 10.2 Å². The van der Waals surface area contributed by atoms with Crippen molar-refractivity contribution in [1.82, 2.24) is 0 Å². The maximum Gasteiger partial charge on any atom is 0.294 e. The van der Waals surface area contributed by atoms with Crippen LogP contribution in [-0.4, -0.2) is 23.4 Å². The van der Waals surface area contributed by atoms with Crippen molar-refractivity contribution in [1.29, 1.82) is 0 Å². The fourth-order valence-corrected chi connectivity index (χ4v) is 1.86. The number of benzene rings is 1. The number of anilines is 1. The van der Waals surface area contributed by atoms with E-state index >= 15 is 0 Å². The Hall–Kier alpha value is -2.44. The number of nitrogens with zero attached hydrogens (tertiary/aromatic N) is 1. The molecule has 0 atom stereocenters. The minimum atomic E-state index is -0.825. The first kappa shape index (κ1) is 16.6. The lowest BCUT2D eigenvalue weighted by atomic mass is 10.0. The van der Waals surface area contributed by atoms with Crippen LogP contribution in [0.4, 0.5) is 5.69 Å². The lowest BCUT2D eigenvalue weighted by molar-refractivity contribution is -0.757. The van der Waals surface area contributed by atoms with Gasteiger partial charge in [0.1, 0.15) is 0 Å². The summed E-state index contributed by atoms with van der Waals surface area (Å²) in [5.41, 5.74) is 0.987. The van der Waals surface area contributed by atoms with Gasteiger partial charge in [0.05, 0.1) is 12.3 Å². The molecule has 0 unspecified atom stereocenters. The highest BCUT2D eigenvalue weighted by Gasteiger charge is 2.11. The second-order valence-corrected chi connectivity index (χ2v) is 4.52. The number of amides is 1. The van der Waals surface area contributed by atoms with Crippen LogP contribution in [0.15, 0.2) is 24.3 Å². The predicted octanol–water partition coefficient (Wildman–Crippen LogP) is 2.60. The molecule has 1 aromatic carbocycles. The summed E-state index contributed by atoms with van der Waals surface area (Å²) in [7, 11) is 0. The molecule has 0 aliphatic heterocycles. The summed E-state index contributed by atoms with van der Waals surface area (Å²) in [6.45, 7) is 1.43. The number of nitrogens with one attached hydrogen (secondary N) is 1. The smallest absolute Gasteiger partial charge is 0.294 e. The summed E-state index contributed by atoms with van der Waals surface area (Å²) in [6.07, 6.45) is 2.15. The largest absolute Gasteiger partial charge is 0.326 e. The number of carbonyl (C=O) groups is 2. The van der Waals surface area contributed by atoms with E-state index in [1.807, 2.05) is 0 Å². The van der Waals surface area contributed by atoms with Gasteiger partial charge in [0, 0.05) is 18.9 Å². The van der Waals surface area contributed by atoms with E-state index in [0.717, 1.165) is 0 Å². The second kappa shape index (κ2) is 8.68. The first-order valence-corrected chi connectivity index (χ1v) is 6.68. The molecule has 0 radical (unpaired) electrons. The molecule has 1 aromatic rings. The van der Waals surface area contributed by atoms with Crippen LogP contribution in [-0.2, 0) is 9.63 Å². The summed E-state index contributed by atoms with van der Waals surface area (Å²) < 4.78 is 0. The highest BCUT2D eigenvalue weighted by atomic mass is 16.9. The van der Waals surface area contributed by atoms with Crippen molar-refractivity contribution < 1.29 is 19.5 Å². The summed E-state index contributed by atoms with van der Waals surface area (Å²) in [5.74, 6) is -0.290. The Morgan fingerprint density at radius 1 is 1.24 bits per heavy atom. The summed E-state index contributed by atoms with van der Waals surface area (Å²) in [5, 5.41) is 11.7. The number of hydrogen-bond donors (Lipinski definition) is 1. The van der Waals surface area contributed by atoms with E-state index < -0.39 is 5.09 Å². The first-order valence-electron chi connectivity index (χ1n) is 6.68. The number of Topliss-reactive ketones (excluding diaryl/α,β-unsaturated/α-hetero) is 1. The van der Waals surface area contributed by atoms with Crippen LogP contribution < -0.4 is 5.32 Å². The van der Waals surface area contributed by atoms with Gasteiger partial charge in [-0.15, -0.1) is 10.1 Å². The zero-order valence-electron chi connectivity index (χ0n) is 11.8. The Balaban J connectivity index is 2.41. The van der Waals surface area contributed by atoms with Gasteiger partial charge >= 0.3 is 0 Å². The molecular formula is C14H18N2O5. The fourth-order valence-electron chi connectivity index (χ4n) is 1.86. The third-order valence-corrected chi connectivity index (χ3v) is 2.78. The van der Waals surface area contributed by atoms with Crippen LogP contribution in [0.3, 0.4) is 0 Å². The molecule has 0 spiro atoms. The van der Waals surface area contributed by atoms with Gasteiger partial charge in [0.25, 0.3) is 5.09 Å². The maximum atomic E-state index is 12.1. The highest BCUT2D eigenvalue weighted by molar-refractivity contribution is 6.04. The van der Waals surface area contributed by atoms with Crippen molar-refractivity contribution in [3.8, 4) is 0 Å². The lowest BCUT2D eigenvalue weighted by Crippen LogP contribution is -2.11. The third-order valence-electron chi connectivity index (χ3n) is 2.78. The highest BCUT2D eigenvalue weighted by Crippen LogP contribution is 2.18. The van der Waals surface area contributed by atoms with E-state index in [1.54, 1.807) is 24.3 Å². The Labute approximate surface area is 122 Å². The van der Waals surface area contributed by atoms with Crippen molar-refractivity contribution in [3.63, 3.8) is 0 Å². The van der Waals surface area contributed by atoms with Crippen LogP contribution in [0.5, 0.6) is 0 Å². The minimum Gasteiger partial charge on any atom is -0.326 e. The van der Waals surface area contributed by atoms with Crippen molar-refractivity contribution in [3.05, 3.63) is 39.9 Å². The molecule has 1 amide bonds. The molecule has 0 aromatic heterocycles. The minimum absolute atomic E-state index is 0.0453. The van der Waals surface area contributed by atoms with Gasteiger partial charge in [-0.2, -0.15) is 0 Å². The molecule has 0 bridgehead atoms. The van der Waals surface area contributed by atoms with Crippen molar-refractivity contribution in [2.24, 2.45) is 0 Å². The topological polar surface area (TPSA) is 98.5 Å². The van der Waals surface area contributed by atoms with Gasteiger partial charge in [-0.05, 0) is 25.0 Å². The zero-order chi connectivity index (χ0) is 15.7. The van der Waals surface area contributed by atoms with Gasteiger partial charge in [-0.3, -0.25) is 9.59 Å². The van der Waals surface area contributed by atoms with Gasteiger partial charge in [-0.1, -0.05) is 18.6 Å². The molecule has 7 nitrogen and oxygen atoms in total. The Morgan fingerprint density at radius 2 is 1.95 bits per heavy atom. The predicted molar refractivity (Wildman–Crippen MR) is 76.5 cm³/mol. The summed E-state index contributed by atoms with van der Waals surface area (Å²) in [4.78, 5) is 37.3. The normalized spacial score (nSPS) is 9.95. The van der Waals surface area contributed by atoms with Gasteiger partial charge in [-0.25, -0.2) is 0 Å². The van der Waals surface area contributed by atoms with Crippen LogP contribution >= 0.6 is 0 Å². The molecule has 0 fully saturated rings. The van der Waals surface area contributed by atoms with Crippen molar-refractivity contribution in [2.45, 2.75) is 32.6 Å². The summed E-state index contributed by atoms with van der Waals surface area (Å²) in [6, 6.07) is 6.84. The van der Waals surface area contributed by atoms with Crippen molar-refractivity contribution >= 4 is 17.4 Å². The Morgan fingerprint density at radius 3 is 2.62 bits per heavy atom. The molecule has 0 saturated heterocycles. The number of unbranched alkanes of at least 4 members (excludes halogenated alkanes) is 2. The second-order valence-electron chi connectivity index (χ2n) is 4.52. The maximum absolute atomic E-state index is 12.1. The Bertz CT molecular complexity index is 516. The van der Waals surface area contributed by atoms with Crippen LogP contribution in [0.1, 0.15) is 43.0 Å². The SMILES string of the molecule is CC(=O)Nc1ccccc1C(=O)CCCCCO[N+](=O)[O-]. The molecule has 0 saturated carbocycles. The first-order chi connectivity index (χ1) is 10.0. The molecule has 1 rings (SSSR count). The molecule has 1 N–H and O–H groups in total. The van der Waals surface area contributed by atoms with E-state index in [9.17, 15) is 19.7 Å². The van der Waals surface area contributed by atoms with E-state index in [1.165, 1.54) is 6.92 Å². The molecular weight excluding hydrogens is 276 g/mol. The molecule has 114 valence electrons. The van der Waals surface area contributed by atoms with Crippen LogP contribution in [0.25, 0.3) is 0 Å². The number of ketones is 1. The van der Waals surface area contributed by atoms with Gasteiger partial charge in [0.2, 0.25) is 5.91 Å². The van der Waals surface area contributed by atoms with E-state index in [2.05, 4.69) is 10.2 Å². The fraction of sp³-hybridized carbons (Fsp3) is 0.429. The van der Waals surface area contributed by atoms with Crippen LogP contribution in [0.2, 0.25) is 0 Å².